The molecular weight excluding hydrogens is 356 g/mol. The van der Waals surface area contributed by atoms with Gasteiger partial charge in [-0.2, -0.15) is 0 Å². The number of anilines is 1. The molecule has 2 aromatic carbocycles. The number of para-hydroxylation sites is 1. The maximum Gasteiger partial charge on any atom is 0.265 e. The van der Waals surface area contributed by atoms with Crippen LogP contribution in [0.5, 0.6) is 11.5 Å². The zero-order valence-electron chi connectivity index (χ0n) is 16.3. The van der Waals surface area contributed by atoms with E-state index in [-0.39, 0.29) is 11.8 Å². The largest absolute Gasteiger partial charge is 0.497 e. The molecular formula is C22H26N2O4. The van der Waals surface area contributed by atoms with Gasteiger partial charge in [-0.1, -0.05) is 18.2 Å². The normalized spacial score (nSPS) is 14.9. The Morgan fingerprint density at radius 3 is 2.46 bits per heavy atom. The number of amides is 2. The van der Waals surface area contributed by atoms with Gasteiger partial charge in [-0.05, 0) is 50.5 Å². The van der Waals surface area contributed by atoms with Crippen molar-refractivity contribution in [2.45, 2.75) is 32.3 Å². The van der Waals surface area contributed by atoms with Crippen LogP contribution in [-0.2, 0) is 4.79 Å². The molecule has 28 heavy (non-hydrogen) atoms. The molecule has 0 saturated carbocycles. The van der Waals surface area contributed by atoms with Gasteiger partial charge in [-0.3, -0.25) is 9.59 Å². The fourth-order valence-electron chi connectivity index (χ4n) is 3.21. The van der Waals surface area contributed by atoms with Gasteiger partial charge in [-0.15, -0.1) is 0 Å². The molecule has 1 fully saturated rings. The average Bonchev–Trinajstić information content (AvgIpc) is 2.74. The third-order valence-electron chi connectivity index (χ3n) is 4.78. The van der Waals surface area contributed by atoms with Crippen LogP contribution in [0.2, 0.25) is 0 Å². The van der Waals surface area contributed by atoms with Gasteiger partial charge in [-0.25, -0.2) is 0 Å². The second kappa shape index (κ2) is 9.26. The van der Waals surface area contributed by atoms with Crippen LogP contribution >= 0.6 is 0 Å². The zero-order valence-corrected chi connectivity index (χ0v) is 16.3. The van der Waals surface area contributed by atoms with E-state index in [4.69, 9.17) is 9.47 Å². The van der Waals surface area contributed by atoms with E-state index in [9.17, 15) is 9.59 Å². The summed E-state index contributed by atoms with van der Waals surface area (Å²) in [5, 5.41) is 2.84. The number of nitrogens with zero attached hydrogens (tertiary/aromatic N) is 1. The number of nitrogens with one attached hydrogen (secondary N) is 1. The summed E-state index contributed by atoms with van der Waals surface area (Å²) < 4.78 is 10.9. The maximum atomic E-state index is 12.9. The third-order valence-corrected chi connectivity index (χ3v) is 4.78. The molecule has 1 N–H and O–H groups in total. The lowest BCUT2D eigenvalue weighted by molar-refractivity contribution is -0.122. The Kier molecular flexibility index (Phi) is 6.53. The monoisotopic (exact) mass is 382 g/mol. The first-order valence-corrected chi connectivity index (χ1v) is 9.58. The highest BCUT2D eigenvalue weighted by Crippen LogP contribution is 2.22. The molecule has 0 aromatic heterocycles. The van der Waals surface area contributed by atoms with Crippen molar-refractivity contribution in [2.24, 2.45) is 0 Å². The maximum absolute atomic E-state index is 12.9. The summed E-state index contributed by atoms with van der Waals surface area (Å²) in [6.45, 7) is 3.19. The predicted molar refractivity (Wildman–Crippen MR) is 108 cm³/mol. The standard InChI is InChI=1S/C22H26N2O4/c1-16(28-18-10-8-9-17(15-18)27-2)21(25)23-20-12-5-4-11-19(20)22(26)24-13-6-3-7-14-24/h4-5,8-12,15-16H,3,6-7,13-14H2,1-2H3,(H,23,25)/t16-/m0/s1. The lowest BCUT2D eigenvalue weighted by Gasteiger charge is -2.27. The molecule has 3 rings (SSSR count). The SMILES string of the molecule is COc1cccc(O[C@@H](C)C(=O)Nc2ccccc2C(=O)N2CCCCC2)c1. The van der Waals surface area contributed by atoms with Crippen molar-refractivity contribution in [1.82, 2.24) is 4.90 Å². The first-order valence-electron chi connectivity index (χ1n) is 9.58. The number of ether oxygens (including phenoxy) is 2. The Morgan fingerprint density at radius 1 is 1.00 bits per heavy atom. The molecule has 1 heterocycles. The van der Waals surface area contributed by atoms with Gasteiger partial charge in [0, 0.05) is 19.2 Å². The van der Waals surface area contributed by atoms with Crippen LogP contribution in [-0.4, -0.2) is 43.0 Å². The van der Waals surface area contributed by atoms with Gasteiger partial charge in [0.2, 0.25) is 0 Å². The quantitative estimate of drug-likeness (QED) is 0.827. The summed E-state index contributed by atoms with van der Waals surface area (Å²) in [6.07, 6.45) is 2.46. The molecule has 0 radical (unpaired) electrons. The Labute approximate surface area is 165 Å². The highest BCUT2D eigenvalue weighted by atomic mass is 16.5. The van der Waals surface area contributed by atoms with E-state index < -0.39 is 6.10 Å². The van der Waals surface area contributed by atoms with Gasteiger partial charge >= 0.3 is 0 Å². The molecule has 6 nitrogen and oxygen atoms in total. The van der Waals surface area contributed by atoms with Crippen molar-refractivity contribution < 1.29 is 19.1 Å². The molecule has 0 unspecified atom stereocenters. The predicted octanol–water partition coefficient (Wildman–Crippen LogP) is 3.73. The van der Waals surface area contributed by atoms with Crippen LogP contribution in [0.15, 0.2) is 48.5 Å². The number of hydrogen-bond acceptors (Lipinski definition) is 4. The Morgan fingerprint density at radius 2 is 1.71 bits per heavy atom. The second-order valence-corrected chi connectivity index (χ2v) is 6.83. The highest BCUT2D eigenvalue weighted by molar-refractivity contribution is 6.04. The first kappa shape index (κ1) is 19.7. The number of hydrogen-bond donors (Lipinski definition) is 1. The number of likely N-dealkylation sites (tertiary alicyclic amines) is 1. The molecule has 0 aliphatic carbocycles. The summed E-state index contributed by atoms with van der Waals surface area (Å²) in [5.74, 6) is 0.834. The molecule has 1 saturated heterocycles. The molecule has 0 bridgehead atoms. The summed E-state index contributed by atoms with van der Waals surface area (Å²) in [7, 11) is 1.57. The molecule has 0 spiro atoms. The number of carbonyl (C=O) groups is 2. The molecule has 1 atom stereocenters. The number of methoxy groups -OCH3 is 1. The Bertz CT molecular complexity index is 831. The van der Waals surface area contributed by atoms with Gasteiger partial charge in [0.25, 0.3) is 11.8 Å². The summed E-state index contributed by atoms with van der Waals surface area (Å²) in [4.78, 5) is 27.3. The minimum absolute atomic E-state index is 0.0445. The van der Waals surface area contributed by atoms with E-state index in [0.717, 1.165) is 32.4 Å². The minimum Gasteiger partial charge on any atom is -0.497 e. The minimum atomic E-state index is -0.731. The van der Waals surface area contributed by atoms with Crippen LogP contribution in [0.1, 0.15) is 36.5 Å². The summed E-state index contributed by atoms with van der Waals surface area (Å²) in [5.41, 5.74) is 1.01. The van der Waals surface area contributed by atoms with Gasteiger partial charge in [0.05, 0.1) is 18.4 Å². The highest BCUT2D eigenvalue weighted by Gasteiger charge is 2.23. The van der Waals surface area contributed by atoms with Gasteiger partial charge in [0.1, 0.15) is 11.5 Å². The van der Waals surface area contributed by atoms with E-state index in [1.807, 2.05) is 11.0 Å². The van der Waals surface area contributed by atoms with Crippen molar-refractivity contribution in [1.29, 1.82) is 0 Å². The fraction of sp³-hybridized carbons (Fsp3) is 0.364. The van der Waals surface area contributed by atoms with E-state index in [1.54, 1.807) is 56.5 Å². The van der Waals surface area contributed by atoms with Crippen molar-refractivity contribution in [2.75, 3.05) is 25.5 Å². The van der Waals surface area contributed by atoms with Crippen LogP contribution in [0.3, 0.4) is 0 Å². The van der Waals surface area contributed by atoms with Crippen molar-refractivity contribution in [3.05, 3.63) is 54.1 Å². The van der Waals surface area contributed by atoms with E-state index in [1.165, 1.54) is 0 Å². The molecule has 148 valence electrons. The topological polar surface area (TPSA) is 67.9 Å². The van der Waals surface area contributed by atoms with E-state index in [2.05, 4.69) is 5.32 Å². The first-order chi connectivity index (χ1) is 13.6. The number of benzene rings is 2. The van der Waals surface area contributed by atoms with Crippen LogP contribution in [0, 0.1) is 0 Å². The molecule has 2 aromatic rings. The summed E-state index contributed by atoms with van der Waals surface area (Å²) >= 11 is 0. The molecule has 6 heteroatoms. The van der Waals surface area contributed by atoms with Gasteiger partial charge < -0.3 is 19.7 Å². The number of carbonyl (C=O) groups excluding carboxylic acids is 2. The summed E-state index contributed by atoms with van der Waals surface area (Å²) in [6, 6.07) is 14.2. The van der Waals surface area contributed by atoms with Crippen molar-refractivity contribution >= 4 is 17.5 Å². The third kappa shape index (κ3) is 4.82. The van der Waals surface area contributed by atoms with E-state index >= 15 is 0 Å². The number of rotatable bonds is 6. The average molecular weight is 382 g/mol. The van der Waals surface area contributed by atoms with Crippen LogP contribution in [0.4, 0.5) is 5.69 Å². The van der Waals surface area contributed by atoms with Crippen molar-refractivity contribution in [3.63, 3.8) is 0 Å². The fourth-order valence-corrected chi connectivity index (χ4v) is 3.21. The van der Waals surface area contributed by atoms with Gasteiger partial charge in [0.15, 0.2) is 6.10 Å². The second-order valence-electron chi connectivity index (χ2n) is 6.83. The smallest absolute Gasteiger partial charge is 0.265 e. The lowest BCUT2D eigenvalue weighted by Crippen LogP contribution is -2.36. The molecule has 1 aliphatic rings. The lowest BCUT2D eigenvalue weighted by atomic mass is 10.1. The van der Waals surface area contributed by atoms with Crippen molar-refractivity contribution in [3.8, 4) is 11.5 Å². The molecule has 1 aliphatic heterocycles. The molecule has 2 amide bonds. The Balaban J connectivity index is 1.68. The zero-order chi connectivity index (χ0) is 19.9. The Hall–Kier alpha value is -3.02. The van der Waals surface area contributed by atoms with E-state index in [0.29, 0.717) is 22.7 Å². The number of piperidine rings is 1. The van der Waals surface area contributed by atoms with Crippen LogP contribution in [0.25, 0.3) is 0 Å². The van der Waals surface area contributed by atoms with Crippen LogP contribution < -0.4 is 14.8 Å².